The second-order valence-electron chi connectivity index (χ2n) is 7.17. The van der Waals surface area contributed by atoms with E-state index in [0.717, 1.165) is 22.6 Å². The zero-order valence-corrected chi connectivity index (χ0v) is 17.9. The molecule has 32 heavy (non-hydrogen) atoms. The number of aryl methyl sites for hydroxylation is 1. The minimum Gasteiger partial charge on any atom is -0.497 e. The van der Waals surface area contributed by atoms with Crippen molar-refractivity contribution in [1.82, 2.24) is 9.97 Å². The first kappa shape index (κ1) is 21.1. The van der Waals surface area contributed by atoms with Crippen molar-refractivity contribution >= 4 is 11.6 Å². The molecule has 0 aliphatic carbocycles. The zero-order chi connectivity index (χ0) is 22.3. The lowest BCUT2D eigenvalue weighted by Gasteiger charge is -2.10. The Bertz CT molecular complexity index is 1190. The Labute approximate surface area is 186 Å². The van der Waals surface area contributed by atoms with Crippen LogP contribution in [0.3, 0.4) is 0 Å². The monoisotopic (exact) mass is 425 g/mol. The van der Waals surface area contributed by atoms with Gasteiger partial charge in [0.25, 0.3) is 5.91 Å². The first-order chi connectivity index (χ1) is 15.6. The maximum absolute atomic E-state index is 12.7. The van der Waals surface area contributed by atoms with Crippen molar-refractivity contribution in [2.45, 2.75) is 13.5 Å². The van der Waals surface area contributed by atoms with Crippen molar-refractivity contribution in [3.8, 4) is 22.9 Å². The van der Waals surface area contributed by atoms with E-state index in [9.17, 15) is 4.79 Å². The number of ether oxygens (including phenoxy) is 2. The van der Waals surface area contributed by atoms with Crippen LogP contribution in [0.4, 0.5) is 5.69 Å². The molecular weight excluding hydrogens is 402 g/mol. The fourth-order valence-electron chi connectivity index (χ4n) is 3.14. The molecule has 4 aromatic rings. The summed E-state index contributed by atoms with van der Waals surface area (Å²) in [5, 5.41) is 2.88. The molecular formula is C26H23N3O3. The van der Waals surface area contributed by atoms with Crippen LogP contribution in [0.2, 0.25) is 0 Å². The molecule has 0 atom stereocenters. The Kier molecular flexibility index (Phi) is 6.41. The van der Waals surface area contributed by atoms with Crippen molar-refractivity contribution in [1.29, 1.82) is 0 Å². The number of nitrogens with zero attached hydrogens (tertiary/aromatic N) is 2. The molecule has 0 fully saturated rings. The number of benzene rings is 3. The van der Waals surface area contributed by atoms with Gasteiger partial charge in [0.05, 0.1) is 18.4 Å². The number of nitrogens with one attached hydrogen (secondary N) is 1. The standard InChI is InChI=1S/C26H23N3O3/c1-18-24(16-27-25(28-18)20-8-12-22(31-2)13-9-20)26(30)29-21-10-14-23(15-11-21)32-17-19-6-4-3-5-7-19/h3-16H,17H2,1-2H3,(H,29,30). The zero-order valence-electron chi connectivity index (χ0n) is 17.9. The molecule has 1 heterocycles. The van der Waals surface area contributed by atoms with Crippen LogP contribution in [0.15, 0.2) is 85.1 Å². The first-order valence-corrected chi connectivity index (χ1v) is 10.2. The van der Waals surface area contributed by atoms with E-state index in [1.807, 2.05) is 66.7 Å². The fourth-order valence-corrected chi connectivity index (χ4v) is 3.14. The summed E-state index contributed by atoms with van der Waals surface area (Å²) in [6.45, 7) is 2.29. The van der Waals surface area contributed by atoms with E-state index in [0.29, 0.717) is 29.4 Å². The molecule has 1 amide bonds. The largest absolute Gasteiger partial charge is 0.497 e. The van der Waals surface area contributed by atoms with Gasteiger partial charge in [0.15, 0.2) is 5.82 Å². The van der Waals surface area contributed by atoms with Crippen LogP contribution in [0.1, 0.15) is 21.6 Å². The number of amides is 1. The summed E-state index contributed by atoms with van der Waals surface area (Å²) in [6, 6.07) is 24.7. The Hall–Kier alpha value is -4.19. The highest BCUT2D eigenvalue weighted by molar-refractivity contribution is 6.04. The number of anilines is 1. The van der Waals surface area contributed by atoms with Gasteiger partial charge in [-0.25, -0.2) is 9.97 Å². The molecule has 4 rings (SSSR count). The topological polar surface area (TPSA) is 73.3 Å². The lowest BCUT2D eigenvalue weighted by Crippen LogP contribution is -2.15. The molecule has 0 bridgehead atoms. The Balaban J connectivity index is 1.39. The third-order valence-corrected chi connectivity index (χ3v) is 4.93. The van der Waals surface area contributed by atoms with Crippen LogP contribution in [0.5, 0.6) is 11.5 Å². The fraction of sp³-hybridized carbons (Fsp3) is 0.115. The minimum atomic E-state index is -0.262. The van der Waals surface area contributed by atoms with Gasteiger partial charge in [-0.15, -0.1) is 0 Å². The molecule has 0 saturated heterocycles. The van der Waals surface area contributed by atoms with Gasteiger partial charge in [-0.05, 0) is 61.0 Å². The summed E-state index contributed by atoms with van der Waals surface area (Å²) in [4.78, 5) is 21.6. The number of hydrogen-bond donors (Lipinski definition) is 1. The van der Waals surface area contributed by atoms with Gasteiger partial charge in [-0.2, -0.15) is 0 Å². The van der Waals surface area contributed by atoms with Crippen molar-refractivity contribution in [3.63, 3.8) is 0 Å². The van der Waals surface area contributed by atoms with E-state index >= 15 is 0 Å². The van der Waals surface area contributed by atoms with Crippen LogP contribution in [0.25, 0.3) is 11.4 Å². The van der Waals surface area contributed by atoms with Crippen LogP contribution >= 0.6 is 0 Å². The Morgan fingerprint density at radius 1 is 0.906 bits per heavy atom. The molecule has 0 radical (unpaired) electrons. The van der Waals surface area contributed by atoms with Gasteiger partial charge in [-0.1, -0.05) is 30.3 Å². The molecule has 0 unspecified atom stereocenters. The van der Waals surface area contributed by atoms with Gasteiger partial charge in [0.2, 0.25) is 0 Å². The summed E-state index contributed by atoms with van der Waals surface area (Å²) in [7, 11) is 1.62. The Morgan fingerprint density at radius 2 is 1.59 bits per heavy atom. The normalized spacial score (nSPS) is 10.4. The minimum absolute atomic E-state index is 0.262. The van der Waals surface area contributed by atoms with Crippen molar-refractivity contribution in [2.24, 2.45) is 0 Å². The highest BCUT2D eigenvalue weighted by Crippen LogP contribution is 2.21. The summed E-state index contributed by atoms with van der Waals surface area (Å²) < 4.78 is 11.0. The van der Waals surface area contributed by atoms with E-state index in [2.05, 4.69) is 15.3 Å². The van der Waals surface area contributed by atoms with E-state index < -0.39 is 0 Å². The summed E-state index contributed by atoms with van der Waals surface area (Å²) in [6.07, 6.45) is 1.55. The van der Waals surface area contributed by atoms with E-state index in [4.69, 9.17) is 9.47 Å². The summed E-state index contributed by atoms with van der Waals surface area (Å²) in [5.74, 6) is 1.79. The van der Waals surface area contributed by atoms with E-state index in [1.54, 1.807) is 32.4 Å². The number of rotatable bonds is 7. The molecule has 6 nitrogen and oxygen atoms in total. The molecule has 0 aliphatic rings. The van der Waals surface area contributed by atoms with Crippen molar-refractivity contribution in [3.05, 3.63) is 102 Å². The highest BCUT2D eigenvalue weighted by atomic mass is 16.5. The second-order valence-corrected chi connectivity index (χ2v) is 7.17. The lowest BCUT2D eigenvalue weighted by atomic mass is 10.1. The third-order valence-electron chi connectivity index (χ3n) is 4.93. The quantitative estimate of drug-likeness (QED) is 0.435. The number of methoxy groups -OCH3 is 1. The number of carbonyl (C=O) groups excluding carboxylic acids is 1. The number of carbonyl (C=O) groups is 1. The van der Waals surface area contributed by atoms with Gasteiger partial charge < -0.3 is 14.8 Å². The lowest BCUT2D eigenvalue weighted by molar-refractivity contribution is 0.102. The number of hydrogen-bond acceptors (Lipinski definition) is 5. The van der Waals surface area contributed by atoms with Crippen LogP contribution in [0, 0.1) is 6.92 Å². The van der Waals surface area contributed by atoms with Gasteiger partial charge in [0.1, 0.15) is 18.1 Å². The van der Waals surface area contributed by atoms with Crippen LogP contribution < -0.4 is 14.8 Å². The van der Waals surface area contributed by atoms with E-state index in [-0.39, 0.29) is 5.91 Å². The predicted molar refractivity (Wildman–Crippen MR) is 124 cm³/mol. The molecule has 160 valence electrons. The molecule has 1 aromatic heterocycles. The molecule has 0 spiro atoms. The third kappa shape index (κ3) is 5.10. The molecule has 1 N–H and O–H groups in total. The van der Waals surface area contributed by atoms with Crippen molar-refractivity contribution < 1.29 is 14.3 Å². The SMILES string of the molecule is COc1ccc(-c2ncc(C(=O)Nc3ccc(OCc4ccccc4)cc3)c(C)n2)cc1. The smallest absolute Gasteiger partial charge is 0.259 e. The summed E-state index contributed by atoms with van der Waals surface area (Å²) in [5.41, 5.74) is 3.64. The van der Waals surface area contributed by atoms with Gasteiger partial charge in [0, 0.05) is 17.4 Å². The molecule has 0 saturated carbocycles. The molecule has 6 heteroatoms. The van der Waals surface area contributed by atoms with Crippen molar-refractivity contribution in [2.75, 3.05) is 12.4 Å². The van der Waals surface area contributed by atoms with Crippen LogP contribution in [-0.2, 0) is 6.61 Å². The van der Waals surface area contributed by atoms with Gasteiger partial charge in [-0.3, -0.25) is 4.79 Å². The number of aromatic nitrogens is 2. The highest BCUT2D eigenvalue weighted by Gasteiger charge is 2.13. The Morgan fingerprint density at radius 3 is 2.25 bits per heavy atom. The van der Waals surface area contributed by atoms with Gasteiger partial charge >= 0.3 is 0 Å². The average molecular weight is 425 g/mol. The first-order valence-electron chi connectivity index (χ1n) is 10.2. The second kappa shape index (κ2) is 9.75. The van der Waals surface area contributed by atoms with Crippen LogP contribution in [-0.4, -0.2) is 23.0 Å². The van der Waals surface area contributed by atoms with E-state index in [1.165, 1.54) is 0 Å². The molecule has 0 aliphatic heterocycles. The average Bonchev–Trinajstić information content (AvgIpc) is 2.84. The maximum Gasteiger partial charge on any atom is 0.259 e. The molecule has 3 aromatic carbocycles. The maximum atomic E-state index is 12.7. The summed E-state index contributed by atoms with van der Waals surface area (Å²) >= 11 is 0. The predicted octanol–water partition coefficient (Wildman–Crippen LogP) is 5.29.